The maximum absolute atomic E-state index is 13.7. The SMILES string of the molecule is CC(C)(C)OC(=O)N[C@H](Cc1c[nH]c2ccccc12)c1nnc(CCc2ccccc2)n1Cc1ccc(F)cc1. The number of ether oxygens (including phenoxy) is 1. The minimum Gasteiger partial charge on any atom is -0.444 e. The Morgan fingerprint density at radius 1 is 0.950 bits per heavy atom. The predicted octanol–water partition coefficient (Wildman–Crippen LogP) is 6.54. The Morgan fingerprint density at radius 3 is 2.42 bits per heavy atom. The maximum atomic E-state index is 13.7. The van der Waals surface area contributed by atoms with Crippen molar-refractivity contribution in [2.45, 2.75) is 58.2 Å². The van der Waals surface area contributed by atoms with Gasteiger partial charge in [0.15, 0.2) is 5.82 Å². The maximum Gasteiger partial charge on any atom is 0.408 e. The van der Waals surface area contributed by atoms with Gasteiger partial charge >= 0.3 is 6.09 Å². The third-order valence-electron chi connectivity index (χ3n) is 6.69. The van der Waals surface area contributed by atoms with Gasteiger partial charge in [0.05, 0.1) is 12.6 Å². The number of nitrogens with zero attached hydrogens (tertiary/aromatic N) is 3. The van der Waals surface area contributed by atoms with E-state index in [0.29, 0.717) is 25.2 Å². The number of benzene rings is 3. The number of H-pyrrole nitrogens is 1. The average Bonchev–Trinajstić information content (AvgIpc) is 3.52. The molecule has 7 nitrogen and oxygen atoms in total. The molecule has 1 atom stereocenters. The van der Waals surface area contributed by atoms with Crippen LogP contribution in [0.2, 0.25) is 0 Å². The van der Waals surface area contributed by atoms with Crippen LogP contribution in [-0.4, -0.2) is 31.4 Å². The largest absolute Gasteiger partial charge is 0.444 e. The van der Waals surface area contributed by atoms with Crippen LogP contribution < -0.4 is 5.32 Å². The molecule has 0 radical (unpaired) electrons. The molecule has 0 aliphatic rings. The molecule has 0 aliphatic heterocycles. The number of hydrogen-bond donors (Lipinski definition) is 2. The number of halogens is 1. The number of aryl methyl sites for hydroxylation is 2. The van der Waals surface area contributed by atoms with Crippen LogP contribution in [0.15, 0.2) is 85.1 Å². The van der Waals surface area contributed by atoms with E-state index in [-0.39, 0.29) is 5.82 Å². The second kappa shape index (κ2) is 11.7. The summed E-state index contributed by atoms with van der Waals surface area (Å²) in [5.41, 5.74) is 3.51. The lowest BCUT2D eigenvalue weighted by Crippen LogP contribution is -2.37. The number of amides is 1. The first-order valence-corrected chi connectivity index (χ1v) is 13.5. The Balaban J connectivity index is 1.52. The number of fused-ring (bicyclic) bond motifs is 1. The fourth-order valence-electron chi connectivity index (χ4n) is 4.81. The molecule has 0 saturated carbocycles. The van der Waals surface area contributed by atoms with E-state index in [1.807, 2.05) is 67.9 Å². The zero-order valence-electron chi connectivity index (χ0n) is 23.0. The average molecular weight is 540 g/mol. The third kappa shape index (κ3) is 6.75. The highest BCUT2D eigenvalue weighted by Gasteiger charge is 2.27. The van der Waals surface area contributed by atoms with Crippen molar-refractivity contribution in [2.24, 2.45) is 0 Å². The predicted molar refractivity (Wildman–Crippen MR) is 153 cm³/mol. The van der Waals surface area contributed by atoms with Gasteiger partial charge in [-0.2, -0.15) is 0 Å². The zero-order chi connectivity index (χ0) is 28.1. The molecule has 3 aromatic carbocycles. The molecule has 40 heavy (non-hydrogen) atoms. The number of carbonyl (C=O) groups is 1. The van der Waals surface area contributed by atoms with Gasteiger partial charge in [0.25, 0.3) is 0 Å². The Hall–Kier alpha value is -4.46. The number of para-hydroxylation sites is 1. The van der Waals surface area contributed by atoms with E-state index in [2.05, 4.69) is 38.7 Å². The summed E-state index contributed by atoms with van der Waals surface area (Å²) < 4.78 is 21.3. The number of nitrogens with one attached hydrogen (secondary N) is 2. The Morgan fingerprint density at radius 2 is 1.68 bits per heavy atom. The zero-order valence-corrected chi connectivity index (χ0v) is 23.0. The quantitative estimate of drug-likeness (QED) is 0.223. The molecule has 0 unspecified atom stereocenters. The van der Waals surface area contributed by atoms with Crippen LogP contribution in [0.4, 0.5) is 9.18 Å². The van der Waals surface area contributed by atoms with Crippen molar-refractivity contribution in [1.29, 1.82) is 0 Å². The van der Waals surface area contributed by atoms with Crippen LogP contribution in [0, 0.1) is 5.82 Å². The molecular formula is C32H34FN5O2. The second-order valence-electron chi connectivity index (χ2n) is 10.9. The lowest BCUT2D eigenvalue weighted by atomic mass is 10.0. The van der Waals surface area contributed by atoms with Crippen molar-refractivity contribution in [3.05, 3.63) is 119 Å². The summed E-state index contributed by atoms with van der Waals surface area (Å²) in [6.07, 6.45) is 3.36. The fraction of sp³-hybridized carbons (Fsp3) is 0.281. The van der Waals surface area contributed by atoms with Crippen LogP contribution in [0.3, 0.4) is 0 Å². The number of alkyl carbamates (subject to hydrolysis) is 1. The molecule has 2 heterocycles. The van der Waals surface area contributed by atoms with E-state index < -0.39 is 17.7 Å². The monoisotopic (exact) mass is 539 g/mol. The van der Waals surface area contributed by atoms with Crippen molar-refractivity contribution in [3.8, 4) is 0 Å². The van der Waals surface area contributed by atoms with Gasteiger partial charge in [-0.1, -0.05) is 60.7 Å². The summed E-state index contributed by atoms with van der Waals surface area (Å²) in [6.45, 7) is 5.94. The molecule has 206 valence electrons. The van der Waals surface area contributed by atoms with Crippen LogP contribution in [-0.2, 0) is 30.5 Å². The van der Waals surface area contributed by atoms with Gasteiger partial charge in [-0.25, -0.2) is 9.18 Å². The van der Waals surface area contributed by atoms with Crippen LogP contribution in [0.1, 0.15) is 55.2 Å². The topological polar surface area (TPSA) is 84.8 Å². The first kappa shape index (κ1) is 27.1. The standard InChI is InChI=1S/C32H34FN5O2/c1-32(2,3)40-31(39)35-28(19-24-20-34-27-12-8-7-11-26(24)27)30-37-36-29(18-15-22-9-5-4-6-10-22)38(30)21-23-13-16-25(33)17-14-23/h4-14,16-17,20,28,34H,15,18-19,21H2,1-3H3,(H,35,39)/t28-/m1/s1. The highest BCUT2D eigenvalue weighted by molar-refractivity contribution is 5.83. The summed E-state index contributed by atoms with van der Waals surface area (Å²) in [7, 11) is 0. The summed E-state index contributed by atoms with van der Waals surface area (Å²) in [5.74, 6) is 1.11. The van der Waals surface area contributed by atoms with E-state index in [0.717, 1.165) is 34.3 Å². The molecule has 0 fully saturated rings. The van der Waals surface area contributed by atoms with Gasteiger partial charge in [0.1, 0.15) is 17.2 Å². The van der Waals surface area contributed by atoms with Gasteiger partial charge < -0.3 is 19.6 Å². The number of aromatic amines is 1. The van der Waals surface area contributed by atoms with Gasteiger partial charge in [0.2, 0.25) is 0 Å². The van der Waals surface area contributed by atoms with Crippen LogP contribution in [0.25, 0.3) is 10.9 Å². The van der Waals surface area contributed by atoms with Gasteiger partial charge in [-0.05, 0) is 62.1 Å². The van der Waals surface area contributed by atoms with Crippen molar-refractivity contribution < 1.29 is 13.9 Å². The molecule has 0 bridgehead atoms. The van der Waals surface area contributed by atoms with Crippen LogP contribution >= 0.6 is 0 Å². The van der Waals surface area contributed by atoms with Crippen molar-refractivity contribution in [1.82, 2.24) is 25.1 Å². The van der Waals surface area contributed by atoms with Gasteiger partial charge in [-0.3, -0.25) is 0 Å². The summed E-state index contributed by atoms with van der Waals surface area (Å²) in [4.78, 5) is 16.3. The molecule has 0 aliphatic carbocycles. The Kier molecular flexibility index (Phi) is 7.96. The first-order chi connectivity index (χ1) is 19.2. The number of hydrogen-bond acceptors (Lipinski definition) is 4. The molecule has 1 amide bonds. The minimum absolute atomic E-state index is 0.291. The Bertz CT molecular complexity index is 1570. The lowest BCUT2D eigenvalue weighted by Gasteiger charge is -2.24. The smallest absolute Gasteiger partial charge is 0.408 e. The number of rotatable bonds is 9. The van der Waals surface area contributed by atoms with Crippen molar-refractivity contribution in [3.63, 3.8) is 0 Å². The second-order valence-corrected chi connectivity index (χ2v) is 10.9. The highest BCUT2D eigenvalue weighted by Crippen LogP contribution is 2.26. The highest BCUT2D eigenvalue weighted by atomic mass is 19.1. The van der Waals surface area contributed by atoms with E-state index in [1.165, 1.54) is 17.7 Å². The fourth-order valence-corrected chi connectivity index (χ4v) is 4.81. The molecular weight excluding hydrogens is 505 g/mol. The van der Waals surface area contributed by atoms with E-state index in [1.54, 1.807) is 12.1 Å². The molecule has 0 saturated heterocycles. The number of carbonyl (C=O) groups excluding carboxylic acids is 1. The first-order valence-electron chi connectivity index (χ1n) is 13.5. The Labute approximate surface area is 233 Å². The van der Waals surface area contributed by atoms with Crippen LogP contribution in [0.5, 0.6) is 0 Å². The summed E-state index contributed by atoms with van der Waals surface area (Å²) in [5, 5.41) is 13.3. The number of aromatic nitrogens is 4. The molecule has 2 aromatic heterocycles. The molecule has 0 spiro atoms. The van der Waals surface area contributed by atoms with Gasteiger partial charge in [0, 0.05) is 29.9 Å². The molecule has 5 aromatic rings. The summed E-state index contributed by atoms with van der Waals surface area (Å²) >= 11 is 0. The van der Waals surface area contributed by atoms with E-state index in [9.17, 15) is 9.18 Å². The lowest BCUT2D eigenvalue weighted by molar-refractivity contribution is 0.0500. The van der Waals surface area contributed by atoms with E-state index in [4.69, 9.17) is 4.74 Å². The normalized spacial score (nSPS) is 12.4. The van der Waals surface area contributed by atoms with Gasteiger partial charge in [-0.15, -0.1) is 10.2 Å². The van der Waals surface area contributed by atoms with Crippen molar-refractivity contribution in [2.75, 3.05) is 0 Å². The summed E-state index contributed by atoms with van der Waals surface area (Å²) in [6, 6.07) is 24.2. The third-order valence-corrected chi connectivity index (χ3v) is 6.69. The van der Waals surface area contributed by atoms with Crippen molar-refractivity contribution >= 4 is 17.0 Å². The minimum atomic E-state index is -0.655. The molecule has 2 N–H and O–H groups in total. The molecule has 5 rings (SSSR count). The van der Waals surface area contributed by atoms with E-state index >= 15 is 0 Å². The molecule has 8 heteroatoms.